The number of benzene rings is 1. The molecule has 0 bridgehead atoms. The fraction of sp³-hybridized carbons (Fsp3) is 0.333. The molecule has 7 nitrogen and oxygen atoms in total. The van der Waals surface area contributed by atoms with Crippen molar-refractivity contribution in [2.45, 2.75) is 12.8 Å². The lowest BCUT2D eigenvalue weighted by atomic mass is 9.96. The first-order chi connectivity index (χ1) is 14.0. The second-order valence-electron chi connectivity index (χ2n) is 7.39. The molecule has 3 aromatic rings. The van der Waals surface area contributed by atoms with E-state index < -0.39 is 0 Å². The van der Waals surface area contributed by atoms with E-state index >= 15 is 0 Å². The molecule has 1 saturated heterocycles. The maximum absolute atomic E-state index is 12.9. The van der Waals surface area contributed by atoms with E-state index in [2.05, 4.69) is 15.4 Å². The number of carbonyl (C=O) groups is 2. The van der Waals surface area contributed by atoms with Crippen LogP contribution in [0.3, 0.4) is 0 Å². The van der Waals surface area contributed by atoms with Gasteiger partial charge in [0.1, 0.15) is 5.15 Å². The number of halogens is 1. The van der Waals surface area contributed by atoms with Crippen molar-refractivity contribution >= 4 is 34.3 Å². The van der Waals surface area contributed by atoms with Crippen LogP contribution in [0, 0.1) is 5.92 Å². The van der Waals surface area contributed by atoms with Gasteiger partial charge in [-0.2, -0.15) is 5.10 Å². The van der Waals surface area contributed by atoms with Crippen LogP contribution < -0.4 is 5.32 Å². The summed E-state index contributed by atoms with van der Waals surface area (Å²) in [5.74, 6) is 0.281. The summed E-state index contributed by atoms with van der Waals surface area (Å²) in [5.41, 5.74) is 1.99. The summed E-state index contributed by atoms with van der Waals surface area (Å²) in [6.45, 7) is 1.98. The van der Waals surface area contributed by atoms with Crippen LogP contribution in [0.25, 0.3) is 10.9 Å². The Bertz CT molecular complexity index is 1060. The van der Waals surface area contributed by atoms with Gasteiger partial charge in [-0.3, -0.25) is 14.3 Å². The number of rotatable bonds is 4. The predicted octanol–water partition coefficient (Wildman–Crippen LogP) is 2.90. The second kappa shape index (κ2) is 8.21. The molecule has 2 amide bonds. The summed E-state index contributed by atoms with van der Waals surface area (Å²) in [6.07, 6.45) is 4.99. The van der Waals surface area contributed by atoms with Gasteiger partial charge in [0.25, 0.3) is 11.8 Å². The Hall–Kier alpha value is -2.93. The average molecular weight is 412 g/mol. The van der Waals surface area contributed by atoms with Crippen LogP contribution in [0.4, 0.5) is 0 Å². The molecule has 0 unspecified atom stereocenters. The highest BCUT2D eigenvalue weighted by molar-refractivity contribution is 6.29. The van der Waals surface area contributed by atoms with Crippen molar-refractivity contribution in [3.8, 4) is 0 Å². The number of hydrogen-bond donors (Lipinski definition) is 1. The maximum Gasteiger partial charge on any atom is 0.254 e. The van der Waals surface area contributed by atoms with Crippen LogP contribution in [-0.4, -0.2) is 51.1 Å². The van der Waals surface area contributed by atoms with Crippen molar-refractivity contribution in [3.63, 3.8) is 0 Å². The Balaban J connectivity index is 1.31. The molecule has 4 rings (SSSR count). The van der Waals surface area contributed by atoms with Crippen LogP contribution in [0.2, 0.25) is 5.15 Å². The number of hydrogen-bond acceptors (Lipinski definition) is 4. The van der Waals surface area contributed by atoms with Gasteiger partial charge in [0.2, 0.25) is 0 Å². The number of aryl methyl sites for hydroxylation is 1. The highest BCUT2D eigenvalue weighted by atomic mass is 35.5. The smallest absolute Gasteiger partial charge is 0.254 e. The van der Waals surface area contributed by atoms with Gasteiger partial charge in [0.15, 0.2) is 0 Å². The van der Waals surface area contributed by atoms with Crippen molar-refractivity contribution in [2.75, 3.05) is 19.6 Å². The SMILES string of the molecule is Cn1cc(C(=O)NCC2CCN(C(=O)c3ccc4nc(Cl)ccc4c3)CC2)cn1. The molecule has 1 fully saturated rings. The van der Waals surface area contributed by atoms with Crippen molar-refractivity contribution < 1.29 is 9.59 Å². The van der Waals surface area contributed by atoms with Crippen molar-refractivity contribution in [1.82, 2.24) is 25.0 Å². The number of likely N-dealkylation sites (tertiary alicyclic amines) is 1. The molecule has 150 valence electrons. The average Bonchev–Trinajstić information content (AvgIpc) is 3.18. The highest BCUT2D eigenvalue weighted by Crippen LogP contribution is 2.21. The van der Waals surface area contributed by atoms with Crippen molar-refractivity contribution in [2.24, 2.45) is 13.0 Å². The number of amides is 2. The van der Waals surface area contributed by atoms with Gasteiger partial charge in [-0.15, -0.1) is 0 Å². The van der Waals surface area contributed by atoms with E-state index in [4.69, 9.17) is 11.6 Å². The van der Waals surface area contributed by atoms with Crippen LogP contribution in [-0.2, 0) is 7.05 Å². The lowest BCUT2D eigenvalue weighted by Gasteiger charge is -2.32. The number of nitrogens with zero attached hydrogens (tertiary/aromatic N) is 4. The van der Waals surface area contributed by atoms with Crippen LogP contribution in [0.1, 0.15) is 33.6 Å². The molecular weight excluding hydrogens is 390 g/mol. The molecule has 1 aromatic carbocycles. The van der Waals surface area contributed by atoms with Gasteiger partial charge in [-0.1, -0.05) is 11.6 Å². The second-order valence-corrected chi connectivity index (χ2v) is 7.78. The first-order valence-corrected chi connectivity index (χ1v) is 10.00. The molecule has 3 heterocycles. The zero-order valence-corrected chi connectivity index (χ0v) is 16.9. The summed E-state index contributed by atoms with van der Waals surface area (Å²) < 4.78 is 1.61. The lowest BCUT2D eigenvalue weighted by Crippen LogP contribution is -2.41. The van der Waals surface area contributed by atoms with Crippen LogP contribution >= 0.6 is 11.6 Å². The van der Waals surface area contributed by atoms with Gasteiger partial charge in [-0.25, -0.2) is 4.98 Å². The monoisotopic (exact) mass is 411 g/mol. The standard InChI is InChI=1S/C21H22ClN5O2/c1-26-13-17(12-24-26)20(28)23-11-14-6-8-27(9-7-14)21(29)16-2-4-18-15(10-16)3-5-19(22)25-18/h2-5,10,12-14H,6-9,11H2,1H3,(H,23,28). The Morgan fingerprint density at radius 3 is 2.69 bits per heavy atom. The molecule has 0 atom stereocenters. The maximum atomic E-state index is 12.9. The molecule has 0 spiro atoms. The third-order valence-corrected chi connectivity index (χ3v) is 5.53. The molecule has 1 N–H and O–H groups in total. The Labute approximate surface area is 173 Å². The van der Waals surface area contributed by atoms with Crippen molar-refractivity contribution in [3.05, 3.63) is 59.0 Å². The number of carbonyl (C=O) groups excluding carboxylic acids is 2. The van der Waals surface area contributed by atoms with E-state index in [1.54, 1.807) is 36.3 Å². The van der Waals surface area contributed by atoms with E-state index in [-0.39, 0.29) is 11.8 Å². The van der Waals surface area contributed by atoms with Gasteiger partial charge >= 0.3 is 0 Å². The molecular formula is C21H22ClN5O2. The lowest BCUT2D eigenvalue weighted by molar-refractivity contribution is 0.0684. The first kappa shape index (κ1) is 19.4. The topological polar surface area (TPSA) is 80.1 Å². The van der Waals surface area contributed by atoms with E-state index in [0.29, 0.717) is 41.8 Å². The molecule has 2 aromatic heterocycles. The number of aromatic nitrogens is 3. The number of pyridine rings is 1. The molecule has 1 aliphatic rings. The molecule has 0 radical (unpaired) electrons. The summed E-state index contributed by atoms with van der Waals surface area (Å²) in [5, 5.41) is 8.32. The Morgan fingerprint density at radius 2 is 1.97 bits per heavy atom. The molecule has 1 aliphatic heterocycles. The van der Waals surface area contributed by atoms with Gasteiger partial charge < -0.3 is 10.2 Å². The predicted molar refractivity (Wildman–Crippen MR) is 111 cm³/mol. The summed E-state index contributed by atoms with van der Waals surface area (Å²) in [7, 11) is 1.78. The largest absolute Gasteiger partial charge is 0.352 e. The minimum absolute atomic E-state index is 0.0275. The van der Waals surface area contributed by atoms with Gasteiger partial charge in [-0.05, 0) is 49.1 Å². The Kier molecular flexibility index (Phi) is 5.49. The summed E-state index contributed by atoms with van der Waals surface area (Å²) >= 11 is 5.92. The van der Waals surface area contributed by atoms with E-state index in [9.17, 15) is 9.59 Å². The zero-order valence-electron chi connectivity index (χ0n) is 16.1. The molecule has 29 heavy (non-hydrogen) atoms. The van der Waals surface area contributed by atoms with Gasteiger partial charge in [0, 0.05) is 43.8 Å². The fourth-order valence-electron chi connectivity index (χ4n) is 3.63. The minimum Gasteiger partial charge on any atom is -0.352 e. The zero-order chi connectivity index (χ0) is 20.4. The van der Waals surface area contributed by atoms with Crippen molar-refractivity contribution in [1.29, 1.82) is 0 Å². The summed E-state index contributed by atoms with van der Waals surface area (Å²) in [4.78, 5) is 31.2. The van der Waals surface area contributed by atoms with E-state index in [1.807, 2.05) is 23.1 Å². The third-order valence-electron chi connectivity index (χ3n) is 5.32. The van der Waals surface area contributed by atoms with Crippen LogP contribution in [0.15, 0.2) is 42.7 Å². The highest BCUT2D eigenvalue weighted by Gasteiger charge is 2.24. The normalized spacial score (nSPS) is 14.9. The Morgan fingerprint density at radius 1 is 1.17 bits per heavy atom. The number of piperidine rings is 1. The van der Waals surface area contributed by atoms with Gasteiger partial charge in [0.05, 0.1) is 17.3 Å². The fourth-order valence-corrected chi connectivity index (χ4v) is 3.79. The molecule has 0 saturated carbocycles. The molecule has 8 heteroatoms. The number of fused-ring (bicyclic) bond motifs is 1. The number of nitrogens with one attached hydrogen (secondary N) is 1. The first-order valence-electron chi connectivity index (χ1n) is 9.62. The van der Waals surface area contributed by atoms with E-state index in [0.717, 1.165) is 23.7 Å². The minimum atomic E-state index is -0.110. The molecule has 0 aliphatic carbocycles. The summed E-state index contributed by atoms with van der Waals surface area (Å²) in [6, 6.07) is 9.09. The van der Waals surface area contributed by atoms with E-state index in [1.165, 1.54) is 0 Å². The van der Waals surface area contributed by atoms with Crippen LogP contribution in [0.5, 0.6) is 0 Å². The third kappa shape index (κ3) is 4.40. The quantitative estimate of drug-likeness (QED) is 0.669.